The lowest BCUT2D eigenvalue weighted by Gasteiger charge is -2.13. The Morgan fingerprint density at radius 3 is 1.02 bits per heavy atom. The molecule has 0 N–H and O–H groups in total. The minimum absolute atomic E-state index is 0. The molecular formula is C56H37N. The third-order valence-electron chi connectivity index (χ3n) is 12.0. The molecule has 0 amide bonds. The zero-order valence-electron chi connectivity index (χ0n) is 30.5. The molecule has 9 aromatic carbocycles. The lowest BCUT2D eigenvalue weighted by molar-refractivity contribution is 1.32. The first kappa shape index (κ1) is 33.0. The summed E-state index contributed by atoms with van der Waals surface area (Å²) in [6.07, 6.45) is 0. The van der Waals surface area contributed by atoms with Gasteiger partial charge in [0.1, 0.15) is 0 Å². The molecule has 0 spiro atoms. The van der Waals surface area contributed by atoms with Crippen LogP contribution in [0, 0.1) is 0 Å². The summed E-state index contributed by atoms with van der Waals surface area (Å²) in [5.74, 6) is 0. The Morgan fingerprint density at radius 1 is 0.228 bits per heavy atom. The van der Waals surface area contributed by atoms with Gasteiger partial charge < -0.3 is 0 Å². The van der Waals surface area contributed by atoms with E-state index < -0.39 is 0 Å². The predicted octanol–water partition coefficient (Wildman–Crippen LogP) is 15.7. The van der Waals surface area contributed by atoms with Gasteiger partial charge in [0, 0.05) is 11.1 Å². The molecule has 0 saturated carbocycles. The van der Waals surface area contributed by atoms with Gasteiger partial charge in [0.05, 0.1) is 11.4 Å². The summed E-state index contributed by atoms with van der Waals surface area (Å²) >= 11 is 0. The molecule has 57 heavy (non-hydrogen) atoms. The maximum atomic E-state index is 5.31. The van der Waals surface area contributed by atoms with Crippen molar-refractivity contribution in [1.29, 1.82) is 0 Å². The molecule has 266 valence electrons. The van der Waals surface area contributed by atoms with Crippen LogP contribution in [0.2, 0.25) is 0 Å². The molecule has 0 radical (unpaired) electrons. The molecule has 2 aliphatic carbocycles. The first-order valence-corrected chi connectivity index (χ1v) is 19.4. The van der Waals surface area contributed by atoms with Gasteiger partial charge in [-0.05, 0) is 112 Å². The Balaban J connectivity index is 0.00000374. The number of fused-ring (bicyclic) bond motifs is 6. The van der Waals surface area contributed by atoms with E-state index in [9.17, 15) is 0 Å². The van der Waals surface area contributed by atoms with E-state index in [1.807, 2.05) is 0 Å². The van der Waals surface area contributed by atoms with E-state index in [-0.39, 0.29) is 7.43 Å². The van der Waals surface area contributed by atoms with Gasteiger partial charge in [0.2, 0.25) is 0 Å². The fraction of sp³-hybridized carbons (Fsp3) is 0.0179. The molecule has 0 unspecified atom stereocenters. The van der Waals surface area contributed by atoms with Crippen LogP contribution < -0.4 is 0 Å². The van der Waals surface area contributed by atoms with Crippen molar-refractivity contribution >= 4 is 21.5 Å². The van der Waals surface area contributed by atoms with Crippen molar-refractivity contribution in [2.45, 2.75) is 7.43 Å². The molecule has 0 atom stereocenters. The highest BCUT2D eigenvalue weighted by Crippen LogP contribution is 2.50. The van der Waals surface area contributed by atoms with E-state index in [0.717, 1.165) is 28.1 Å². The third-order valence-corrected chi connectivity index (χ3v) is 12.0. The van der Waals surface area contributed by atoms with Crippen molar-refractivity contribution in [3.05, 3.63) is 200 Å². The van der Waals surface area contributed by atoms with E-state index in [2.05, 4.69) is 200 Å². The van der Waals surface area contributed by atoms with Crippen molar-refractivity contribution < 1.29 is 0 Å². The molecule has 10 aromatic rings. The number of hydrogen-bond acceptors (Lipinski definition) is 1. The second-order valence-electron chi connectivity index (χ2n) is 15.0. The van der Waals surface area contributed by atoms with Crippen LogP contribution in [0.15, 0.2) is 200 Å². The van der Waals surface area contributed by atoms with Gasteiger partial charge in [-0.1, -0.05) is 195 Å². The minimum Gasteiger partial charge on any atom is -0.248 e. The quantitative estimate of drug-likeness (QED) is 0.172. The van der Waals surface area contributed by atoms with E-state index in [4.69, 9.17) is 4.98 Å². The zero-order valence-corrected chi connectivity index (χ0v) is 30.5. The number of rotatable bonds is 5. The fourth-order valence-electron chi connectivity index (χ4n) is 9.39. The summed E-state index contributed by atoms with van der Waals surface area (Å²) in [5, 5.41) is 5.28. The first-order valence-electron chi connectivity index (χ1n) is 19.4. The van der Waals surface area contributed by atoms with Crippen molar-refractivity contribution in [2.24, 2.45) is 0 Å². The normalized spacial score (nSPS) is 11.7. The predicted molar refractivity (Wildman–Crippen MR) is 242 cm³/mol. The van der Waals surface area contributed by atoms with Gasteiger partial charge in [-0.2, -0.15) is 0 Å². The molecule has 1 nitrogen and oxygen atoms in total. The fourth-order valence-corrected chi connectivity index (χ4v) is 9.39. The van der Waals surface area contributed by atoms with Gasteiger partial charge in [0.25, 0.3) is 0 Å². The molecule has 12 rings (SSSR count). The molecule has 0 bridgehead atoms. The largest absolute Gasteiger partial charge is 0.248 e. The summed E-state index contributed by atoms with van der Waals surface area (Å²) < 4.78 is 0. The van der Waals surface area contributed by atoms with Crippen molar-refractivity contribution in [3.63, 3.8) is 0 Å². The summed E-state index contributed by atoms with van der Waals surface area (Å²) in [5.41, 5.74) is 21.9. The maximum Gasteiger partial charge on any atom is 0.0715 e. The highest BCUT2D eigenvalue weighted by Gasteiger charge is 2.24. The number of hydrogen-bond donors (Lipinski definition) is 0. The van der Waals surface area contributed by atoms with Gasteiger partial charge in [-0.3, -0.25) is 0 Å². The number of nitrogens with zero attached hydrogens (tertiary/aromatic N) is 1. The number of aromatic nitrogens is 1. The number of benzene rings is 9. The summed E-state index contributed by atoms with van der Waals surface area (Å²) in [4.78, 5) is 5.31. The Labute approximate surface area is 333 Å². The smallest absolute Gasteiger partial charge is 0.0715 e. The molecule has 0 saturated heterocycles. The van der Waals surface area contributed by atoms with Gasteiger partial charge in [-0.15, -0.1) is 0 Å². The second-order valence-corrected chi connectivity index (χ2v) is 15.0. The van der Waals surface area contributed by atoms with Crippen LogP contribution in [-0.4, -0.2) is 4.98 Å². The number of pyridine rings is 1. The molecule has 2 aliphatic rings. The topological polar surface area (TPSA) is 12.9 Å². The highest BCUT2D eigenvalue weighted by molar-refractivity contribution is 6.20. The molecule has 1 aromatic heterocycles. The van der Waals surface area contributed by atoms with E-state index in [1.54, 1.807) is 0 Å². The van der Waals surface area contributed by atoms with Gasteiger partial charge in [0.15, 0.2) is 0 Å². The van der Waals surface area contributed by atoms with Crippen molar-refractivity contribution in [1.82, 2.24) is 4.98 Å². The molecule has 0 aliphatic heterocycles. The lowest BCUT2D eigenvalue weighted by Crippen LogP contribution is -1.92. The molecule has 1 heterocycles. The summed E-state index contributed by atoms with van der Waals surface area (Å²) in [6, 6.07) is 73.1. The summed E-state index contributed by atoms with van der Waals surface area (Å²) in [7, 11) is 0. The van der Waals surface area contributed by atoms with E-state index in [0.29, 0.717) is 0 Å². The Bertz CT molecular complexity index is 2950. The monoisotopic (exact) mass is 723 g/mol. The van der Waals surface area contributed by atoms with Crippen LogP contribution >= 0.6 is 0 Å². The Hall–Kier alpha value is -7.35. The van der Waals surface area contributed by atoms with Crippen LogP contribution in [0.3, 0.4) is 0 Å². The van der Waals surface area contributed by atoms with E-state index in [1.165, 1.54) is 93.9 Å². The summed E-state index contributed by atoms with van der Waals surface area (Å²) in [6.45, 7) is 0. The average Bonchev–Trinajstić information content (AvgIpc) is 3.79. The van der Waals surface area contributed by atoms with E-state index >= 15 is 0 Å². The SMILES string of the molecule is C.c1ccc(-c2cc(-c3ccc(-c4ccc5c6c(cccc46)-c4ccccc4-5)cc3)nc(-c3ccc(-c4ccc5c6c(cccc46)-c4ccccc4-5)cc3)c2)cc1. The van der Waals surface area contributed by atoms with Crippen LogP contribution in [-0.2, 0) is 0 Å². The van der Waals surface area contributed by atoms with Crippen LogP contribution in [0.4, 0.5) is 0 Å². The van der Waals surface area contributed by atoms with Gasteiger partial charge >= 0.3 is 0 Å². The molecule has 1 heteroatoms. The lowest BCUT2D eigenvalue weighted by atomic mass is 9.93. The standard InChI is InChI=1S/C55H33N.CH4/c1-2-10-34(11-3-1)39-32-52(37-24-20-35(21-25-37)40-28-30-50-44-14-6-4-12-42(44)48-18-8-16-46(40)54(48)50)56-53(33-39)38-26-22-36(23-27-38)41-29-31-51-45-15-7-5-13-43(45)49-19-9-17-47(41)55(49)51;/h1-33H;1H4. The average molecular weight is 724 g/mol. The minimum atomic E-state index is 0. The van der Waals surface area contributed by atoms with Crippen molar-refractivity contribution in [3.8, 4) is 100 Å². The highest BCUT2D eigenvalue weighted by atomic mass is 14.7. The van der Waals surface area contributed by atoms with Gasteiger partial charge in [-0.25, -0.2) is 4.98 Å². The van der Waals surface area contributed by atoms with Crippen LogP contribution in [0.25, 0.3) is 122 Å². The van der Waals surface area contributed by atoms with Crippen LogP contribution in [0.5, 0.6) is 0 Å². The third kappa shape index (κ3) is 5.06. The zero-order chi connectivity index (χ0) is 36.7. The van der Waals surface area contributed by atoms with Crippen LogP contribution in [0.1, 0.15) is 7.43 Å². The first-order chi connectivity index (χ1) is 27.8. The Morgan fingerprint density at radius 2 is 0.579 bits per heavy atom. The maximum absolute atomic E-state index is 5.31. The Kier molecular flexibility index (Phi) is 7.46. The van der Waals surface area contributed by atoms with Crippen molar-refractivity contribution in [2.75, 3.05) is 0 Å². The molecular weight excluding hydrogens is 687 g/mol. The molecule has 0 fully saturated rings. The second kappa shape index (κ2) is 12.9.